The van der Waals surface area contributed by atoms with Gasteiger partial charge in [-0.3, -0.25) is 9.59 Å². The number of aliphatic carboxylic acids is 1. The molecule has 0 aromatic carbocycles. The Hall–Kier alpha value is -3.27. The van der Waals surface area contributed by atoms with E-state index in [1.807, 2.05) is 21.1 Å². The van der Waals surface area contributed by atoms with Gasteiger partial charge >= 0.3 is 11.9 Å². The zero-order valence-electron chi connectivity index (χ0n) is 45.2. The first-order valence-electron chi connectivity index (χ1n) is 28.1. The smallest absolute Gasteiger partial charge is 0.306 e. The minimum absolute atomic E-state index is 0.140. The van der Waals surface area contributed by atoms with Gasteiger partial charge in [-0.2, -0.15) is 0 Å². The fourth-order valence-corrected chi connectivity index (χ4v) is 7.62. The molecule has 0 aromatic heterocycles. The number of carbonyl (C=O) groups is 3. The molecule has 0 saturated heterocycles. The highest BCUT2D eigenvalue weighted by Crippen LogP contribution is 2.16. The molecule has 2 unspecified atom stereocenters. The van der Waals surface area contributed by atoms with Crippen molar-refractivity contribution in [2.24, 2.45) is 0 Å². The first-order chi connectivity index (χ1) is 33.6. The Kier molecular flexibility index (Phi) is 48.7. The van der Waals surface area contributed by atoms with Gasteiger partial charge in [0.15, 0.2) is 12.4 Å². The summed E-state index contributed by atoms with van der Waals surface area (Å²) in [6, 6.07) is 0. The number of likely N-dealkylation sites (N-methyl/N-ethyl adjacent to an activating group) is 1. The van der Waals surface area contributed by atoms with Gasteiger partial charge in [0, 0.05) is 12.8 Å². The van der Waals surface area contributed by atoms with E-state index in [1.54, 1.807) is 0 Å². The fraction of sp³-hybridized carbons (Fsp3) is 0.750. The molecule has 9 nitrogen and oxygen atoms in total. The third kappa shape index (κ3) is 52.4. The van der Waals surface area contributed by atoms with Crippen LogP contribution in [0, 0.1) is 0 Å². The fourth-order valence-electron chi connectivity index (χ4n) is 7.62. The molecule has 0 aromatic rings. The van der Waals surface area contributed by atoms with Gasteiger partial charge in [-0.15, -0.1) is 0 Å². The van der Waals surface area contributed by atoms with E-state index in [1.165, 1.54) is 122 Å². The molecule has 0 aliphatic heterocycles. The Bertz CT molecular complexity index is 1360. The molecule has 398 valence electrons. The van der Waals surface area contributed by atoms with Gasteiger partial charge in [0.1, 0.15) is 13.2 Å². The van der Waals surface area contributed by atoms with E-state index in [2.05, 4.69) is 86.8 Å². The Morgan fingerprint density at radius 3 is 1.23 bits per heavy atom. The molecule has 0 fully saturated rings. The van der Waals surface area contributed by atoms with Crippen molar-refractivity contribution >= 4 is 17.9 Å². The molecule has 0 N–H and O–H groups in total. The number of ether oxygens (including phenoxy) is 4. The van der Waals surface area contributed by atoms with E-state index in [4.69, 9.17) is 18.9 Å². The highest BCUT2D eigenvalue weighted by molar-refractivity contribution is 5.70. The first-order valence-corrected chi connectivity index (χ1v) is 28.1. The maximum atomic E-state index is 12.8. The summed E-state index contributed by atoms with van der Waals surface area (Å²) in [7, 11) is 5.91. The topological polar surface area (TPSA) is 111 Å². The van der Waals surface area contributed by atoms with E-state index < -0.39 is 24.3 Å². The van der Waals surface area contributed by atoms with Crippen molar-refractivity contribution in [3.05, 3.63) is 72.9 Å². The second-order valence-electron chi connectivity index (χ2n) is 19.8. The molecule has 0 aliphatic carbocycles. The third-order valence-electron chi connectivity index (χ3n) is 11.9. The minimum atomic E-state index is -1.63. The molecule has 0 saturated carbocycles. The van der Waals surface area contributed by atoms with Crippen molar-refractivity contribution in [3.63, 3.8) is 0 Å². The third-order valence-corrected chi connectivity index (χ3v) is 11.9. The first kappa shape index (κ1) is 65.7. The Morgan fingerprint density at radius 2 is 0.826 bits per heavy atom. The van der Waals surface area contributed by atoms with Crippen LogP contribution in [-0.2, 0) is 33.3 Å². The molecule has 0 heterocycles. The lowest BCUT2D eigenvalue weighted by atomic mass is 10.0. The van der Waals surface area contributed by atoms with Gasteiger partial charge < -0.3 is 33.3 Å². The number of rotatable bonds is 51. The Morgan fingerprint density at radius 1 is 0.449 bits per heavy atom. The largest absolute Gasteiger partial charge is 0.545 e. The van der Waals surface area contributed by atoms with Crippen LogP contribution in [0.15, 0.2) is 72.9 Å². The van der Waals surface area contributed by atoms with Crippen molar-refractivity contribution in [2.45, 2.75) is 245 Å². The number of carbonyl (C=O) groups excluding carboxylic acids is 3. The minimum Gasteiger partial charge on any atom is -0.545 e. The zero-order chi connectivity index (χ0) is 50.6. The highest BCUT2D eigenvalue weighted by Gasteiger charge is 2.22. The van der Waals surface area contributed by atoms with Crippen molar-refractivity contribution in [1.29, 1.82) is 0 Å². The summed E-state index contributed by atoms with van der Waals surface area (Å²) in [4.78, 5) is 37.2. The van der Waals surface area contributed by atoms with E-state index in [-0.39, 0.29) is 38.6 Å². The van der Waals surface area contributed by atoms with Crippen molar-refractivity contribution in [3.8, 4) is 0 Å². The van der Waals surface area contributed by atoms with Crippen molar-refractivity contribution in [2.75, 3.05) is 47.5 Å². The molecule has 0 bridgehead atoms. The average Bonchev–Trinajstić information content (AvgIpc) is 3.31. The molecular formula is C60H105NO8. The molecule has 0 radical (unpaired) electrons. The monoisotopic (exact) mass is 968 g/mol. The normalized spacial score (nSPS) is 13.3. The number of carboxylic acid groups (broad SMARTS) is 1. The van der Waals surface area contributed by atoms with Crippen LogP contribution in [-0.4, -0.2) is 82.3 Å². The molecule has 9 heteroatoms. The molecule has 69 heavy (non-hydrogen) atoms. The number of unbranched alkanes of at least 4 members (excludes halogenated alkanes) is 24. The number of carboxylic acids is 1. The predicted octanol–water partition coefficient (Wildman–Crippen LogP) is 14.9. The summed E-state index contributed by atoms with van der Waals surface area (Å²) in [6.45, 7) is 4.60. The van der Waals surface area contributed by atoms with Gasteiger partial charge in [0.2, 0.25) is 0 Å². The molecule has 0 rings (SSSR count). The number of hydrogen-bond donors (Lipinski definition) is 0. The van der Waals surface area contributed by atoms with E-state index in [9.17, 15) is 19.5 Å². The number of allylic oxidation sites excluding steroid dienone is 12. The summed E-state index contributed by atoms with van der Waals surface area (Å²) < 4.78 is 22.6. The van der Waals surface area contributed by atoms with Crippen LogP contribution in [0.5, 0.6) is 0 Å². The summed E-state index contributed by atoms with van der Waals surface area (Å²) in [5.74, 6) is -2.32. The predicted molar refractivity (Wildman–Crippen MR) is 288 cm³/mol. The lowest BCUT2D eigenvalue weighted by molar-refractivity contribution is -0.870. The summed E-state index contributed by atoms with van der Waals surface area (Å²) in [6.07, 6.45) is 62.4. The summed E-state index contributed by atoms with van der Waals surface area (Å²) >= 11 is 0. The SMILES string of the molecule is CC/C=C\C/C=C\C/C=C\C/C=C\CCCCCCC(=O)OC(COC(=O)CCCCCCCCCCCCCCCCC/C=C\C/C=C\CCCCCCC)COC(OCC[N+](C)(C)C)C(=O)[O-]. The number of quaternary nitrogens is 1. The van der Waals surface area contributed by atoms with E-state index >= 15 is 0 Å². The van der Waals surface area contributed by atoms with Crippen LogP contribution in [0.1, 0.15) is 232 Å². The lowest BCUT2D eigenvalue weighted by Gasteiger charge is -2.26. The highest BCUT2D eigenvalue weighted by atomic mass is 16.7. The maximum absolute atomic E-state index is 12.8. The average molecular weight is 968 g/mol. The summed E-state index contributed by atoms with van der Waals surface area (Å²) in [5.41, 5.74) is 0. The van der Waals surface area contributed by atoms with E-state index in [0.717, 1.165) is 77.0 Å². The van der Waals surface area contributed by atoms with Crippen LogP contribution in [0.2, 0.25) is 0 Å². The molecular weight excluding hydrogens is 863 g/mol. The van der Waals surface area contributed by atoms with Gasteiger partial charge in [0.05, 0.1) is 40.3 Å². The van der Waals surface area contributed by atoms with Crippen LogP contribution in [0.4, 0.5) is 0 Å². The second kappa shape index (κ2) is 51.1. The molecule has 2 atom stereocenters. The van der Waals surface area contributed by atoms with Crippen LogP contribution in [0.25, 0.3) is 0 Å². The van der Waals surface area contributed by atoms with Crippen molar-refractivity contribution in [1.82, 2.24) is 0 Å². The Balaban J connectivity index is 4.24. The number of esters is 2. The second-order valence-corrected chi connectivity index (χ2v) is 19.8. The molecule has 0 spiro atoms. The van der Waals surface area contributed by atoms with Crippen molar-refractivity contribution < 1.29 is 42.9 Å². The van der Waals surface area contributed by atoms with Gasteiger partial charge in [0.25, 0.3) is 0 Å². The van der Waals surface area contributed by atoms with Gasteiger partial charge in [-0.1, -0.05) is 209 Å². The number of nitrogens with zero attached hydrogens (tertiary/aromatic N) is 1. The lowest BCUT2D eigenvalue weighted by Crippen LogP contribution is -2.44. The van der Waals surface area contributed by atoms with E-state index in [0.29, 0.717) is 17.4 Å². The zero-order valence-corrected chi connectivity index (χ0v) is 45.2. The van der Waals surface area contributed by atoms with Gasteiger partial charge in [-0.25, -0.2) is 0 Å². The maximum Gasteiger partial charge on any atom is 0.306 e. The van der Waals surface area contributed by atoms with Crippen LogP contribution in [0.3, 0.4) is 0 Å². The Labute approximate surface area is 424 Å². The molecule has 0 amide bonds. The molecule has 0 aliphatic rings. The quantitative estimate of drug-likeness (QED) is 0.0195. The van der Waals surface area contributed by atoms with Crippen LogP contribution >= 0.6 is 0 Å². The number of hydrogen-bond acceptors (Lipinski definition) is 8. The summed E-state index contributed by atoms with van der Waals surface area (Å²) in [5, 5.41) is 11.8. The standard InChI is InChI=1S/C60H105NO8/c1-6-8-10-12-14-16-18-20-22-24-25-26-27-28-29-30-31-32-33-35-36-38-40-42-44-46-48-50-57(62)67-54-56(55-68-60(59(64)65)66-53-52-61(3,4)5)69-58(63)51-49-47-45-43-41-39-37-34-23-21-19-17-15-13-11-9-7-2/h9,11,15,17-18,20-21,23-25,37,39,56,60H,6-8,10,12-14,16,19,22,26-36,38,40-55H2,1-5H3/b11-9-,17-15-,20-18-,23-21-,25-24-,39-37-. The van der Waals surface area contributed by atoms with Gasteiger partial charge in [-0.05, 0) is 83.5 Å². The van der Waals surface area contributed by atoms with Crippen LogP contribution < -0.4 is 5.11 Å².